The summed E-state index contributed by atoms with van der Waals surface area (Å²) in [5, 5.41) is 1.12. The van der Waals surface area contributed by atoms with Crippen LogP contribution in [0.25, 0.3) is 10.2 Å². The number of para-hydroxylation sites is 1. The number of fused-ring (bicyclic) bond motifs is 1. The molecule has 0 amide bonds. The quantitative estimate of drug-likeness (QED) is 0.865. The molecule has 92 valence electrons. The number of piperidine rings is 1. The minimum Gasteiger partial charge on any atom is -0.347 e. The number of nitrogens with two attached hydrogens (primary N) is 1. The molecule has 0 radical (unpaired) electrons. The first-order valence-electron chi connectivity index (χ1n) is 5.69. The van der Waals surface area contributed by atoms with E-state index in [-0.39, 0.29) is 12.4 Å². The molecule has 2 heterocycles. The van der Waals surface area contributed by atoms with Crippen LogP contribution in [0.5, 0.6) is 0 Å². The Kier molecular flexibility index (Phi) is 3.86. The molecular formula is C12H16ClN3S. The van der Waals surface area contributed by atoms with Crippen LogP contribution in [0, 0.1) is 0 Å². The minimum atomic E-state index is 0. The number of benzene rings is 1. The molecule has 1 aromatic carbocycles. The Morgan fingerprint density at radius 2 is 2.18 bits per heavy atom. The fourth-order valence-electron chi connectivity index (χ4n) is 2.18. The zero-order valence-corrected chi connectivity index (χ0v) is 11.1. The average molecular weight is 270 g/mol. The zero-order chi connectivity index (χ0) is 11.0. The molecule has 2 N–H and O–H groups in total. The lowest BCUT2D eigenvalue weighted by Gasteiger charge is -2.30. The lowest BCUT2D eigenvalue weighted by Crippen LogP contribution is -2.42. The largest absolute Gasteiger partial charge is 0.347 e. The Balaban J connectivity index is 0.00000108. The average Bonchev–Trinajstić information content (AvgIpc) is 2.72. The van der Waals surface area contributed by atoms with E-state index >= 15 is 0 Å². The van der Waals surface area contributed by atoms with Gasteiger partial charge in [-0.2, -0.15) is 0 Å². The van der Waals surface area contributed by atoms with Crippen molar-refractivity contribution >= 4 is 39.1 Å². The molecule has 2 aromatic rings. The Bertz CT molecular complexity index is 466. The van der Waals surface area contributed by atoms with Gasteiger partial charge in [0.25, 0.3) is 0 Å². The predicted molar refractivity (Wildman–Crippen MR) is 76.3 cm³/mol. The molecule has 3 nitrogen and oxygen atoms in total. The van der Waals surface area contributed by atoms with E-state index in [4.69, 9.17) is 5.73 Å². The second kappa shape index (κ2) is 5.21. The molecule has 5 heteroatoms. The summed E-state index contributed by atoms with van der Waals surface area (Å²) in [5.41, 5.74) is 7.09. The first-order chi connectivity index (χ1) is 7.83. The Hall–Kier alpha value is -0.840. The monoisotopic (exact) mass is 269 g/mol. The van der Waals surface area contributed by atoms with E-state index in [9.17, 15) is 0 Å². The van der Waals surface area contributed by atoms with Gasteiger partial charge < -0.3 is 10.6 Å². The summed E-state index contributed by atoms with van der Waals surface area (Å²) in [4.78, 5) is 6.98. The molecule has 17 heavy (non-hydrogen) atoms. The third kappa shape index (κ3) is 2.54. The molecule has 1 fully saturated rings. The van der Waals surface area contributed by atoms with Gasteiger partial charge in [0.2, 0.25) is 0 Å². The summed E-state index contributed by atoms with van der Waals surface area (Å²) < 4.78 is 1.26. The summed E-state index contributed by atoms with van der Waals surface area (Å²) in [6, 6.07) is 8.60. The van der Waals surface area contributed by atoms with E-state index in [1.165, 1.54) is 11.1 Å². The topological polar surface area (TPSA) is 42.1 Å². The van der Waals surface area contributed by atoms with Crippen LogP contribution >= 0.6 is 23.7 Å². The molecule has 0 saturated carbocycles. The third-order valence-corrected chi connectivity index (χ3v) is 4.11. The molecule has 0 bridgehead atoms. The number of thiazole rings is 1. The van der Waals surface area contributed by atoms with Crippen LogP contribution < -0.4 is 10.6 Å². The highest BCUT2D eigenvalue weighted by Crippen LogP contribution is 2.29. The van der Waals surface area contributed by atoms with Gasteiger partial charge in [-0.1, -0.05) is 23.5 Å². The van der Waals surface area contributed by atoms with Gasteiger partial charge in [-0.15, -0.1) is 12.4 Å². The maximum absolute atomic E-state index is 5.99. The fourth-order valence-corrected chi connectivity index (χ4v) is 3.18. The van der Waals surface area contributed by atoms with Gasteiger partial charge in [-0.05, 0) is 25.0 Å². The van der Waals surface area contributed by atoms with Crippen LogP contribution in [0.15, 0.2) is 24.3 Å². The van der Waals surface area contributed by atoms with Crippen molar-refractivity contribution in [3.05, 3.63) is 24.3 Å². The van der Waals surface area contributed by atoms with Gasteiger partial charge in [-0.25, -0.2) is 4.98 Å². The summed E-state index contributed by atoms with van der Waals surface area (Å²) >= 11 is 1.77. The van der Waals surface area contributed by atoms with Crippen molar-refractivity contribution in [3.8, 4) is 0 Å². The molecule has 1 atom stereocenters. The number of nitrogens with zero attached hydrogens (tertiary/aromatic N) is 2. The van der Waals surface area contributed by atoms with Gasteiger partial charge in [0.15, 0.2) is 5.13 Å². The number of halogens is 1. The summed E-state index contributed by atoms with van der Waals surface area (Å²) in [7, 11) is 0. The lowest BCUT2D eigenvalue weighted by atomic mass is 10.1. The third-order valence-electron chi connectivity index (χ3n) is 3.01. The van der Waals surface area contributed by atoms with Gasteiger partial charge >= 0.3 is 0 Å². The number of anilines is 1. The standard InChI is InChI=1S/C12H15N3S.ClH/c13-9-4-3-7-15(8-9)12-14-10-5-1-2-6-11(10)16-12;/h1-2,5-6,9H,3-4,7-8,13H2;1H. The number of rotatable bonds is 1. The normalized spacial score (nSPS) is 20.3. The molecule has 1 aromatic heterocycles. The van der Waals surface area contributed by atoms with E-state index in [1.54, 1.807) is 11.3 Å². The van der Waals surface area contributed by atoms with Crippen molar-refractivity contribution in [1.29, 1.82) is 0 Å². The van der Waals surface area contributed by atoms with E-state index in [1.807, 2.05) is 6.07 Å². The maximum atomic E-state index is 5.99. The van der Waals surface area contributed by atoms with E-state index in [2.05, 4.69) is 28.1 Å². The van der Waals surface area contributed by atoms with Crippen LogP contribution in [0.2, 0.25) is 0 Å². The first-order valence-corrected chi connectivity index (χ1v) is 6.51. The van der Waals surface area contributed by atoms with Crippen molar-refractivity contribution in [2.75, 3.05) is 18.0 Å². The second-order valence-corrected chi connectivity index (χ2v) is 5.32. The Labute approximate surface area is 111 Å². The van der Waals surface area contributed by atoms with Crippen LogP contribution in [-0.4, -0.2) is 24.1 Å². The zero-order valence-electron chi connectivity index (χ0n) is 9.50. The fraction of sp³-hybridized carbons (Fsp3) is 0.417. The summed E-state index contributed by atoms with van der Waals surface area (Å²) in [6.45, 7) is 2.04. The SMILES string of the molecule is Cl.NC1CCCN(c2nc3ccccc3s2)C1. The highest BCUT2D eigenvalue weighted by molar-refractivity contribution is 7.22. The van der Waals surface area contributed by atoms with Crippen molar-refractivity contribution in [2.24, 2.45) is 5.73 Å². The van der Waals surface area contributed by atoms with E-state index in [0.29, 0.717) is 6.04 Å². The van der Waals surface area contributed by atoms with Crippen molar-refractivity contribution in [3.63, 3.8) is 0 Å². The van der Waals surface area contributed by atoms with Crippen LogP contribution in [0.4, 0.5) is 5.13 Å². The first kappa shape index (κ1) is 12.6. The molecule has 3 rings (SSSR count). The Morgan fingerprint density at radius 1 is 1.35 bits per heavy atom. The lowest BCUT2D eigenvalue weighted by molar-refractivity contribution is 0.506. The smallest absolute Gasteiger partial charge is 0.186 e. The van der Waals surface area contributed by atoms with E-state index in [0.717, 1.165) is 30.2 Å². The van der Waals surface area contributed by atoms with Crippen LogP contribution in [-0.2, 0) is 0 Å². The van der Waals surface area contributed by atoms with E-state index < -0.39 is 0 Å². The van der Waals surface area contributed by atoms with Gasteiger partial charge in [0.05, 0.1) is 10.2 Å². The van der Waals surface area contributed by atoms with Crippen LogP contribution in [0.3, 0.4) is 0 Å². The Morgan fingerprint density at radius 3 is 2.94 bits per heavy atom. The summed E-state index contributed by atoms with van der Waals surface area (Å²) in [5.74, 6) is 0. The highest BCUT2D eigenvalue weighted by Gasteiger charge is 2.19. The molecule has 0 spiro atoms. The van der Waals surface area contributed by atoms with Crippen molar-refractivity contribution < 1.29 is 0 Å². The maximum Gasteiger partial charge on any atom is 0.186 e. The van der Waals surface area contributed by atoms with Crippen LogP contribution in [0.1, 0.15) is 12.8 Å². The second-order valence-electron chi connectivity index (χ2n) is 4.31. The van der Waals surface area contributed by atoms with Crippen molar-refractivity contribution in [2.45, 2.75) is 18.9 Å². The van der Waals surface area contributed by atoms with Crippen molar-refractivity contribution in [1.82, 2.24) is 4.98 Å². The molecule has 1 aliphatic rings. The molecule has 1 saturated heterocycles. The molecule has 0 aliphatic carbocycles. The number of aromatic nitrogens is 1. The molecule has 1 unspecified atom stereocenters. The highest BCUT2D eigenvalue weighted by atomic mass is 35.5. The van der Waals surface area contributed by atoms with Gasteiger partial charge in [-0.3, -0.25) is 0 Å². The van der Waals surface area contributed by atoms with Gasteiger partial charge in [0.1, 0.15) is 0 Å². The molecular weight excluding hydrogens is 254 g/mol. The minimum absolute atomic E-state index is 0. The number of hydrogen-bond acceptors (Lipinski definition) is 4. The predicted octanol–water partition coefficient (Wildman–Crippen LogP) is 2.65. The number of hydrogen-bond donors (Lipinski definition) is 1. The summed E-state index contributed by atoms with van der Waals surface area (Å²) in [6.07, 6.45) is 2.32. The van der Waals surface area contributed by atoms with Gasteiger partial charge in [0, 0.05) is 19.1 Å². The molecule has 1 aliphatic heterocycles.